The van der Waals surface area contributed by atoms with E-state index >= 15 is 0 Å². The van der Waals surface area contributed by atoms with Crippen LogP contribution in [0.1, 0.15) is 52.9 Å². The summed E-state index contributed by atoms with van der Waals surface area (Å²) in [6.45, 7) is 9.31. The third kappa shape index (κ3) is 6.22. The smallest absolute Gasteiger partial charge is 0.144 e. The molecule has 1 fully saturated rings. The van der Waals surface area contributed by atoms with Crippen molar-refractivity contribution in [3.05, 3.63) is 0 Å². The molecule has 1 atom stereocenters. The minimum atomic E-state index is -0.228. The molecule has 0 saturated heterocycles. The van der Waals surface area contributed by atoms with Gasteiger partial charge in [-0.25, -0.2) is 0 Å². The summed E-state index contributed by atoms with van der Waals surface area (Å²) < 4.78 is 5.23. The first-order chi connectivity index (χ1) is 9.92. The number of rotatable bonds is 11. The second-order valence-corrected chi connectivity index (χ2v) is 6.93. The minimum Gasteiger partial charge on any atom is -0.409 e. The van der Waals surface area contributed by atoms with Crippen LogP contribution in [0.2, 0.25) is 0 Å². The first-order valence-corrected chi connectivity index (χ1v) is 8.13. The lowest BCUT2D eigenvalue weighted by Gasteiger charge is -2.29. The van der Waals surface area contributed by atoms with Crippen LogP contribution in [0.3, 0.4) is 0 Å². The molecule has 3 N–H and O–H groups in total. The van der Waals surface area contributed by atoms with Gasteiger partial charge in [0.05, 0.1) is 6.61 Å². The highest BCUT2D eigenvalue weighted by Gasteiger charge is 2.31. The third-order valence-electron chi connectivity index (χ3n) is 4.76. The molecule has 1 aliphatic rings. The summed E-state index contributed by atoms with van der Waals surface area (Å²) in [4.78, 5) is 2.55. The number of nitrogens with zero attached hydrogens (tertiary/aromatic N) is 2. The van der Waals surface area contributed by atoms with Crippen LogP contribution in [0.25, 0.3) is 0 Å². The average Bonchev–Trinajstić information content (AvgIpc) is 3.29. The molecule has 0 aromatic carbocycles. The third-order valence-corrected chi connectivity index (χ3v) is 4.76. The fraction of sp³-hybridized carbons (Fsp3) is 0.938. The van der Waals surface area contributed by atoms with Gasteiger partial charge < -0.3 is 15.7 Å². The first kappa shape index (κ1) is 18.2. The number of hydrogen-bond donors (Lipinski definition) is 2. The normalized spacial score (nSPS) is 18.2. The molecular formula is C16H33N3O2. The Kier molecular flexibility index (Phi) is 7.46. The summed E-state index contributed by atoms with van der Waals surface area (Å²) >= 11 is 0. The monoisotopic (exact) mass is 299 g/mol. The van der Waals surface area contributed by atoms with Crippen LogP contribution in [0, 0.1) is 11.3 Å². The van der Waals surface area contributed by atoms with Crippen molar-refractivity contribution in [2.75, 3.05) is 26.8 Å². The van der Waals surface area contributed by atoms with Gasteiger partial charge in [-0.2, -0.15) is 0 Å². The summed E-state index contributed by atoms with van der Waals surface area (Å²) in [5.74, 6) is 1.21. The van der Waals surface area contributed by atoms with E-state index in [1.165, 1.54) is 12.8 Å². The Hall–Kier alpha value is -0.810. The van der Waals surface area contributed by atoms with E-state index in [9.17, 15) is 0 Å². The molecular weight excluding hydrogens is 266 g/mol. The molecule has 1 rings (SSSR count). The number of unbranched alkanes of at least 4 members (excludes halogenated alkanes) is 1. The molecule has 0 aromatic heterocycles. The summed E-state index contributed by atoms with van der Waals surface area (Å²) in [6, 6.07) is 0.664. The van der Waals surface area contributed by atoms with Crippen molar-refractivity contribution in [3.63, 3.8) is 0 Å². The van der Waals surface area contributed by atoms with Crippen LogP contribution in [0.15, 0.2) is 5.16 Å². The molecule has 5 heteroatoms. The molecule has 5 nitrogen and oxygen atoms in total. The Bertz CT molecular complexity index is 327. The molecule has 1 aliphatic carbocycles. The zero-order chi connectivity index (χ0) is 15.9. The zero-order valence-corrected chi connectivity index (χ0v) is 14.1. The van der Waals surface area contributed by atoms with Crippen molar-refractivity contribution in [1.29, 1.82) is 0 Å². The quantitative estimate of drug-likeness (QED) is 0.202. The van der Waals surface area contributed by atoms with Crippen LogP contribution in [0.4, 0.5) is 0 Å². The molecule has 124 valence electrons. The fourth-order valence-corrected chi connectivity index (χ4v) is 2.75. The standard InChI is InChI=1S/C16H33N3O2/c1-13(14-7-8-14)19(11-12-21-4)10-6-5-9-16(2,3)15(17)18-20/h13-14,20H,5-12H2,1-4H3,(H2,17,18). The maximum Gasteiger partial charge on any atom is 0.144 e. The van der Waals surface area contributed by atoms with Crippen molar-refractivity contribution in [3.8, 4) is 0 Å². The average molecular weight is 299 g/mol. The molecule has 0 aliphatic heterocycles. The zero-order valence-electron chi connectivity index (χ0n) is 14.1. The van der Waals surface area contributed by atoms with E-state index in [0.29, 0.717) is 11.9 Å². The summed E-state index contributed by atoms with van der Waals surface area (Å²) in [7, 11) is 1.76. The number of hydrogen-bond acceptors (Lipinski definition) is 4. The number of oxime groups is 1. The molecule has 1 unspecified atom stereocenters. The van der Waals surface area contributed by atoms with Crippen LogP contribution in [-0.4, -0.2) is 48.8 Å². The lowest BCUT2D eigenvalue weighted by molar-refractivity contribution is 0.115. The van der Waals surface area contributed by atoms with Crippen LogP contribution < -0.4 is 5.73 Å². The maximum absolute atomic E-state index is 8.79. The van der Waals surface area contributed by atoms with Gasteiger partial charge in [0, 0.05) is 25.1 Å². The Balaban J connectivity index is 2.32. The van der Waals surface area contributed by atoms with E-state index in [1.807, 2.05) is 13.8 Å². The van der Waals surface area contributed by atoms with Gasteiger partial charge in [0.25, 0.3) is 0 Å². The summed E-state index contributed by atoms with van der Waals surface area (Å²) in [5.41, 5.74) is 5.50. The van der Waals surface area contributed by atoms with Gasteiger partial charge >= 0.3 is 0 Å². The van der Waals surface area contributed by atoms with Crippen LogP contribution in [-0.2, 0) is 4.74 Å². The summed E-state index contributed by atoms with van der Waals surface area (Å²) in [5, 5.41) is 11.9. The van der Waals surface area contributed by atoms with Gasteiger partial charge in [0.15, 0.2) is 0 Å². The number of methoxy groups -OCH3 is 1. The molecule has 0 heterocycles. The van der Waals surface area contributed by atoms with Crippen molar-refractivity contribution in [1.82, 2.24) is 4.90 Å². The minimum absolute atomic E-state index is 0.228. The van der Waals surface area contributed by atoms with Crippen molar-refractivity contribution in [2.45, 2.75) is 58.9 Å². The van der Waals surface area contributed by atoms with E-state index in [4.69, 9.17) is 15.7 Å². The van der Waals surface area contributed by atoms with Gasteiger partial charge in [0.2, 0.25) is 0 Å². The van der Waals surface area contributed by atoms with Gasteiger partial charge in [-0.1, -0.05) is 25.4 Å². The van der Waals surface area contributed by atoms with Gasteiger partial charge in [-0.15, -0.1) is 0 Å². The van der Waals surface area contributed by atoms with E-state index in [0.717, 1.165) is 44.9 Å². The van der Waals surface area contributed by atoms with E-state index < -0.39 is 0 Å². The van der Waals surface area contributed by atoms with Gasteiger partial charge in [-0.3, -0.25) is 4.90 Å². The number of amidine groups is 1. The predicted molar refractivity (Wildman–Crippen MR) is 86.7 cm³/mol. The Morgan fingerprint density at radius 2 is 2.05 bits per heavy atom. The Labute approximate surface area is 129 Å². The van der Waals surface area contributed by atoms with E-state index in [-0.39, 0.29) is 5.41 Å². The van der Waals surface area contributed by atoms with E-state index in [2.05, 4.69) is 17.0 Å². The molecule has 0 spiro atoms. The fourth-order valence-electron chi connectivity index (χ4n) is 2.75. The number of nitrogens with two attached hydrogens (primary N) is 1. The van der Waals surface area contributed by atoms with Gasteiger partial charge in [-0.05, 0) is 45.1 Å². The second kappa shape index (κ2) is 8.59. The van der Waals surface area contributed by atoms with Crippen molar-refractivity contribution in [2.24, 2.45) is 22.2 Å². The second-order valence-electron chi connectivity index (χ2n) is 6.93. The molecule has 0 radical (unpaired) electrons. The summed E-state index contributed by atoms with van der Waals surface area (Å²) in [6.07, 6.45) is 5.92. The Morgan fingerprint density at radius 3 is 2.57 bits per heavy atom. The number of ether oxygens (including phenoxy) is 1. The molecule has 0 bridgehead atoms. The topological polar surface area (TPSA) is 71.1 Å². The van der Waals surface area contributed by atoms with E-state index in [1.54, 1.807) is 7.11 Å². The first-order valence-electron chi connectivity index (χ1n) is 8.13. The Morgan fingerprint density at radius 1 is 1.38 bits per heavy atom. The molecule has 1 saturated carbocycles. The molecule has 21 heavy (non-hydrogen) atoms. The lowest BCUT2D eigenvalue weighted by atomic mass is 9.86. The highest BCUT2D eigenvalue weighted by Crippen LogP contribution is 2.35. The van der Waals surface area contributed by atoms with Crippen LogP contribution >= 0.6 is 0 Å². The highest BCUT2D eigenvalue weighted by molar-refractivity contribution is 5.85. The largest absolute Gasteiger partial charge is 0.409 e. The van der Waals surface area contributed by atoms with Crippen molar-refractivity contribution >= 4 is 5.84 Å². The van der Waals surface area contributed by atoms with Crippen LogP contribution in [0.5, 0.6) is 0 Å². The van der Waals surface area contributed by atoms with Crippen molar-refractivity contribution < 1.29 is 9.94 Å². The van der Waals surface area contributed by atoms with Gasteiger partial charge in [0.1, 0.15) is 5.84 Å². The lowest BCUT2D eigenvalue weighted by Crippen LogP contribution is -2.38. The SMILES string of the molecule is COCCN(CCCCC(C)(C)C(N)=NO)C(C)C1CC1. The highest BCUT2D eigenvalue weighted by atomic mass is 16.5. The maximum atomic E-state index is 8.79. The molecule has 0 aromatic rings. The molecule has 0 amide bonds. The predicted octanol–water partition coefficient (Wildman–Crippen LogP) is 2.68.